The Morgan fingerprint density at radius 2 is 2.00 bits per heavy atom. The molecule has 4 nitrogen and oxygen atoms in total. The van der Waals surface area contributed by atoms with Crippen molar-refractivity contribution in [2.45, 2.75) is 12.5 Å². The minimum atomic E-state index is -0.273. The third-order valence-electron chi connectivity index (χ3n) is 4.06. The van der Waals surface area contributed by atoms with Gasteiger partial charge in [0.15, 0.2) is 0 Å². The van der Waals surface area contributed by atoms with Crippen LogP contribution in [0.4, 0.5) is 15.8 Å². The molecular formula is C14H20FN3O. The SMILES string of the molecule is Nc1cc(F)ccc1N1CCC(N2CCOCC2)C1. The highest BCUT2D eigenvalue weighted by molar-refractivity contribution is 5.68. The number of nitrogens with zero attached hydrogens (tertiary/aromatic N) is 2. The molecule has 1 aromatic rings. The summed E-state index contributed by atoms with van der Waals surface area (Å²) >= 11 is 0. The summed E-state index contributed by atoms with van der Waals surface area (Å²) in [6, 6.07) is 5.23. The van der Waals surface area contributed by atoms with Gasteiger partial charge in [-0.15, -0.1) is 0 Å². The molecule has 0 aliphatic carbocycles. The predicted molar refractivity (Wildman–Crippen MR) is 73.8 cm³/mol. The van der Waals surface area contributed by atoms with Crippen LogP contribution in [0.1, 0.15) is 6.42 Å². The van der Waals surface area contributed by atoms with Crippen LogP contribution in [0.5, 0.6) is 0 Å². The maximum atomic E-state index is 13.1. The molecular weight excluding hydrogens is 245 g/mol. The number of hydrogen-bond acceptors (Lipinski definition) is 4. The molecule has 19 heavy (non-hydrogen) atoms. The molecule has 1 unspecified atom stereocenters. The molecule has 1 atom stereocenters. The van der Waals surface area contributed by atoms with Gasteiger partial charge in [-0.2, -0.15) is 0 Å². The fourth-order valence-corrected chi connectivity index (χ4v) is 3.01. The minimum absolute atomic E-state index is 0.273. The molecule has 2 N–H and O–H groups in total. The largest absolute Gasteiger partial charge is 0.397 e. The topological polar surface area (TPSA) is 41.7 Å². The maximum Gasteiger partial charge on any atom is 0.125 e. The average molecular weight is 265 g/mol. The number of hydrogen-bond donors (Lipinski definition) is 1. The second-order valence-electron chi connectivity index (χ2n) is 5.24. The van der Waals surface area contributed by atoms with Crippen LogP contribution < -0.4 is 10.6 Å². The molecule has 3 rings (SSSR count). The van der Waals surface area contributed by atoms with Crippen LogP contribution in [0.15, 0.2) is 18.2 Å². The van der Waals surface area contributed by atoms with Gasteiger partial charge in [0, 0.05) is 32.2 Å². The molecule has 104 valence electrons. The van der Waals surface area contributed by atoms with E-state index < -0.39 is 0 Å². The number of anilines is 2. The average Bonchev–Trinajstić information content (AvgIpc) is 2.89. The van der Waals surface area contributed by atoms with Crippen LogP contribution in [0.3, 0.4) is 0 Å². The van der Waals surface area contributed by atoms with E-state index in [1.165, 1.54) is 12.1 Å². The lowest BCUT2D eigenvalue weighted by molar-refractivity contribution is 0.0209. The van der Waals surface area contributed by atoms with Gasteiger partial charge in [-0.3, -0.25) is 4.90 Å². The van der Waals surface area contributed by atoms with Crippen LogP contribution in [0.2, 0.25) is 0 Å². The van der Waals surface area contributed by atoms with Crippen LogP contribution >= 0.6 is 0 Å². The van der Waals surface area contributed by atoms with E-state index in [2.05, 4.69) is 9.80 Å². The van der Waals surface area contributed by atoms with Crippen LogP contribution in [-0.4, -0.2) is 50.3 Å². The highest BCUT2D eigenvalue weighted by Crippen LogP contribution is 2.28. The van der Waals surface area contributed by atoms with Crippen LogP contribution in [0, 0.1) is 5.82 Å². The minimum Gasteiger partial charge on any atom is -0.397 e. The second kappa shape index (κ2) is 5.35. The number of halogens is 1. The van der Waals surface area contributed by atoms with E-state index in [-0.39, 0.29) is 5.82 Å². The standard InChI is InChI=1S/C14H20FN3O/c15-11-1-2-14(13(16)9-11)18-4-3-12(10-18)17-5-7-19-8-6-17/h1-2,9,12H,3-8,10,16H2. The van der Waals surface area contributed by atoms with Gasteiger partial charge < -0.3 is 15.4 Å². The Bertz CT molecular complexity index is 448. The van der Waals surface area contributed by atoms with Gasteiger partial charge in [0.25, 0.3) is 0 Å². The first-order chi connectivity index (χ1) is 9.24. The van der Waals surface area contributed by atoms with Crippen molar-refractivity contribution in [3.8, 4) is 0 Å². The molecule has 5 heteroatoms. The van der Waals surface area contributed by atoms with Crippen molar-refractivity contribution in [1.29, 1.82) is 0 Å². The number of ether oxygens (including phenoxy) is 1. The number of benzene rings is 1. The Balaban J connectivity index is 1.67. The summed E-state index contributed by atoms with van der Waals surface area (Å²) in [7, 11) is 0. The summed E-state index contributed by atoms with van der Waals surface area (Å²) < 4.78 is 18.5. The van der Waals surface area contributed by atoms with Crippen molar-refractivity contribution >= 4 is 11.4 Å². The van der Waals surface area contributed by atoms with E-state index in [1.807, 2.05) is 0 Å². The summed E-state index contributed by atoms with van der Waals surface area (Å²) in [6.07, 6.45) is 1.14. The lowest BCUT2D eigenvalue weighted by atomic mass is 10.2. The summed E-state index contributed by atoms with van der Waals surface area (Å²) in [5, 5.41) is 0. The van der Waals surface area contributed by atoms with Crippen molar-refractivity contribution in [2.75, 3.05) is 50.0 Å². The Morgan fingerprint density at radius 3 is 2.74 bits per heavy atom. The van der Waals surface area contributed by atoms with E-state index in [0.717, 1.165) is 51.5 Å². The summed E-state index contributed by atoms with van der Waals surface area (Å²) in [6.45, 7) is 5.63. The molecule has 2 fully saturated rings. The number of rotatable bonds is 2. The quantitative estimate of drug-likeness (QED) is 0.819. The van der Waals surface area contributed by atoms with E-state index in [4.69, 9.17) is 10.5 Å². The molecule has 2 saturated heterocycles. The lowest BCUT2D eigenvalue weighted by Crippen LogP contribution is -2.44. The zero-order valence-electron chi connectivity index (χ0n) is 11.0. The van der Waals surface area contributed by atoms with E-state index in [1.54, 1.807) is 6.07 Å². The third-order valence-corrected chi connectivity index (χ3v) is 4.06. The zero-order chi connectivity index (χ0) is 13.2. The highest BCUT2D eigenvalue weighted by Gasteiger charge is 2.29. The van der Waals surface area contributed by atoms with Gasteiger partial charge in [-0.25, -0.2) is 4.39 Å². The zero-order valence-corrected chi connectivity index (χ0v) is 11.0. The molecule has 0 radical (unpaired) electrons. The van der Waals surface area contributed by atoms with Crippen molar-refractivity contribution in [3.05, 3.63) is 24.0 Å². The predicted octanol–water partition coefficient (Wildman–Crippen LogP) is 1.32. The number of nitrogens with two attached hydrogens (primary N) is 1. The monoisotopic (exact) mass is 265 g/mol. The van der Waals surface area contributed by atoms with E-state index in [9.17, 15) is 4.39 Å². The molecule has 0 aromatic heterocycles. The van der Waals surface area contributed by atoms with Crippen molar-refractivity contribution in [3.63, 3.8) is 0 Å². The molecule has 1 aromatic carbocycles. The Kier molecular flexibility index (Phi) is 3.57. The van der Waals surface area contributed by atoms with Gasteiger partial charge >= 0.3 is 0 Å². The normalized spacial score (nSPS) is 24.9. The maximum absolute atomic E-state index is 13.1. The summed E-state index contributed by atoms with van der Waals surface area (Å²) in [5.74, 6) is -0.273. The summed E-state index contributed by atoms with van der Waals surface area (Å²) in [5.41, 5.74) is 7.40. The molecule has 2 heterocycles. The fraction of sp³-hybridized carbons (Fsp3) is 0.571. The second-order valence-corrected chi connectivity index (χ2v) is 5.24. The molecule has 0 spiro atoms. The molecule has 0 bridgehead atoms. The first-order valence-corrected chi connectivity index (χ1v) is 6.86. The van der Waals surface area contributed by atoms with Crippen molar-refractivity contribution in [1.82, 2.24) is 4.90 Å². The van der Waals surface area contributed by atoms with Gasteiger partial charge in [0.1, 0.15) is 5.82 Å². The smallest absolute Gasteiger partial charge is 0.125 e. The third kappa shape index (κ3) is 2.67. The first kappa shape index (κ1) is 12.7. The number of morpholine rings is 1. The van der Waals surface area contributed by atoms with Crippen molar-refractivity contribution in [2.24, 2.45) is 0 Å². The van der Waals surface area contributed by atoms with Crippen molar-refractivity contribution < 1.29 is 9.13 Å². The van der Waals surface area contributed by atoms with Gasteiger partial charge in [0.2, 0.25) is 0 Å². The fourth-order valence-electron chi connectivity index (χ4n) is 3.01. The molecule has 2 aliphatic heterocycles. The Hall–Kier alpha value is -1.33. The van der Waals surface area contributed by atoms with Crippen LogP contribution in [-0.2, 0) is 4.74 Å². The van der Waals surface area contributed by atoms with E-state index in [0.29, 0.717) is 11.7 Å². The van der Waals surface area contributed by atoms with Gasteiger partial charge in [-0.1, -0.05) is 0 Å². The van der Waals surface area contributed by atoms with Gasteiger partial charge in [-0.05, 0) is 24.6 Å². The van der Waals surface area contributed by atoms with Crippen LogP contribution in [0.25, 0.3) is 0 Å². The number of nitrogen functional groups attached to an aromatic ring is 1. The van der Waals surface area contributed by atoms with Gasteiger partial charge in [0.05, 0.1) is 24.6 Å². The molecule has 2 aliphatic rings. The lowest BCUT2D eigenvalue weighted by Gasteiger charge is -2.32. The molecule has 0 saturated carbocycles. The Labute approximate surface area is 112 Å². The summed E-state index contributed by atoms with van der Waals surface area (Å²) in [4.78, 5) is 4.75. The first-order valence-electron chi connectivity index (χ1n) is 6.86. The van der Waals surface area contributed by atoms with E-state index >= 15 is 0 Å². The molecule has 0 amide bonds. The highest BCUT2D eigenvalue weighted by atomic mass is 19.1. The Morgan fingerprint density at radius 1 is 1.21 bits per heavy atom.